The zero-order valence-corrected chi connectivity index (χ0v) is 15.2. The van der Waals surface area contributed by atoms with Gasteiger partial charge in [0, 0.05) is 12.8 Å². The van der Waals surface area contributed by atoms with Crippen LogP contribution in [0.15, 0.2) is 36.9 Å². The van der Waals surface area contributed by atoms with Gasteiger partial charge in [-0.25, -0.2) is 0 Å². The molecule has 3 rings (SSSR count). The first-order chi connectivity index (χ1) is 12.0. The second kappa shape index (κ2) is 7.33. The lowest BCUT2D eigenvalue weighted by molar-refractivity contribution is -0.218. The van der Waals surface area contributed by atoms with Crippen molar-refractivity contribution in [3.8, 4) is 5.75 Å². The molecule has 2 aliphatic heterocycles. The molecule has 0 spiro atoms. The van der Waals surface area contributed by atoms with Crippen molar-refractivity contribution in [2.45, 2.75) is 56.7 Å². The lowest BCUT2D eigenvalue weighted by Crippen LogP contribution is -2.45. The monoisotopic (exact) mass is 349 g/mol. The minimum atomic E-state index is -0.658. The van der Waals surface area contributed by atoms with Crippen molar-refractivity contribution in [1.82, 2.24) is 0 Å². The fourth-order valence-electron chi connectivity index (χ4n) is 3.45. The van der Waals surface area contributed by atoms with Crippen molar-refractivity contribution in [1.29, 1.82) is 0 Å². The average molecular weight is 349 g/mol. The van der Waals surface area contributed by atoms with Gasteiger partial charge in [0.2, 0.25) is 0 Å². The molecule has 0 bridgehead atoms. The molecule has 5 atom stereocenters. The minimum absolute atomic E-state index is 0.0169. The van der Waals surface area contributed by atoms with E-state index in [0.29, 0.717) is 0 Å². The molecule has 1 N–H and O–H groups in total. The molecule has 2 heterocycles. The van der Waals surface area contributed by atoms with Crippen LogP contribution < -0.4 is 10.1 Å². The molecular weight excluding hydrogens is 322 g/mol. The first kappa shape index (κ1) is 18.2. The van der Waals surface area contributed by atoms with Gasteiger partial charge < -0.3 is 29.0 Å². The third-order valence-electron chi connectivity index (χ3n) is 4.56. The van der Waals surface area contributed by atoms with Crippen molar-refractivity contribution < 1.29 is 23.7 Å². The van der Waals surface area contributed by atoms with Gasteiger partial charge in [0.25, 0.3) is 0 Å². The predicted molar refractivity (Wildman–Crippen MR) is 94.7 cm³/mol. The van der Waals surface area contributed by atoms with Gasteiger partial charge in [-0.15, -0.1) is 6.58 Å². The molecule has 2 aliphatic rings. The van der Waals surface area contributed by atoms with Crippen LogP contribution >= 0.6 is 0 Å². The van der Waals surface area contributed by atoms with Crippen molar-refractivity contribution >= 4 is 5.69 Å². The summed E-state index contributed by atoms with van der Waals surface area (Å²) in [5.74, 6) is 0.158. The number of benzene rings is 1. The van der Waals surface area contributed by atoms with Crippen molar-refractivity contribution in [3.05, 3.63) is 36.9 Å². The van der Waals surface area contributed by atoms with Gasteiger partial charge in [0.15, 0.2) is 12.1 Å². The molecule has 2 fully saturated rings. The molecule has 0 saturated carbocycles. The molecule has 0 aromatic heterocycles. The average Bonchev–Trinajstić information content (AvgIpc) is 3.06. The zero-order chi connectivity index (χ0) is 18.0. The Balaban J connectivity index is 1.74. The number of hydrogen-bond acceptors (Lipinski definition) is 6. The van der Waals surface area contributed by atoms with Gasteiger partial charge >= 0.3 is 0 Å². The Morgan fingerprint density at radius 3 is 2.56 bits per heavy atom. The molecule has 25 heavy (non-hydrogen) atoms. The van der Waals surface area contributed by atoms with E-state index in [0.717, 1.165) is 17.9 Å². The first-order valence-corrected chi connectivity index (χ1v) is 8.53. The van der Waals surface area contributed by atoms with Gasteiger partial charge in [-0.3, -0.25) is 0 Å². The Hall–Kier alpha value is -1.60. The molecule has 1 aromatic rings. The number of methoxy groups -OCH3 is 2. The van der Waals surface area contributed by atoms with E-state index >= 15 is 0 Å². The summed E-state index contributed by atoms with van der Waals surface area (Å²) in [6, 6.07) is 7.77. The van der Waals surface area contributed by atoms with Crippen LogP contribution in [-0.4, -0.2) is 50.7 Å². The SMILES string of the molecule is C=CC[C@H](Nc1ccc(OC)cc1)[C@H]1O[C@@H]2OC(C)(C)O[C@@H]2[C@H]1OC. The number of ether oxygens (including phenoxy) is 5. The van der Waals surface area contributed by atoms with Gasteiger partial charge in [0.1, 0.15) is 24.1 Å². The summed E-state index contributed by atoms with van der Waals surface area (Å²) < 4.78 is 28.9. The van der Waals surface area contributed by atoms with Gasteiger partial charge in [-0.2, -0.15) is 0 Å². The zero-order valence-electron chi connectivity index (χ0n) is 15.2. The molecule has 0 amide bonds. The van der Waals surface area contributed by atoms with Crippen LogP contribution in [-0.2, 0) is 18.9 Å². The highest BCUT2D eigenvalue weighted by molar-refractivity contribution is 5.47. The highest BCUT2D eigenvalue weighted by Gasteiger charge is 2.56. The highest BCUT2D eigenvalue weighted by Crippen LogP contribution is 2.40. The first-order valence-electron chi connectivity index (χ1n) is 8.53. The summed E-state index contributed by atoms with van der Waals surface area (Å²) in [4.78, 5) is 0. The summed E-state index contributed by atoms with van der Waals surface area (Å²) in [6.07, 6.45) is 1.50. The third-order valence-corrected chi connectivity index (χ3v) is 4.56. The van der Waals surface area contributed by atoms with E-state index in [1.807, 2.05) is 44.2 Å². The number of rotatable bonds is 7. The fraction of sp³-hybridized carbons (Fsp3) is 0.579. The molecule has 1 aromatic carbocycles. The van der Waals surface area contributed by atoms with E-state index in [2.05, 4.69) is 11.9 Å². The van der Waals surface area contributed by atoms with Crippen LogP contribution in [0, 0.1) is 0 Å². The van der Waals surface area contributed by atoms with E-state index in [9.17, 15) is 0 Å². The van der Waals surface area contributed by atoms with E-state index in [-0.39, 0.29) is 24.4 Å². The second-order valence-electron chi connectivity index (χ2n) is 6.77. The largest absolute Gasteiger partial charge is 0.497 e. The van der Waals surface area contributed by atoms with Gasteiger partial charge in [0.05, 0.1) is 13.2 Å². The lowest BCUT2D eigenvalue weighted by atomic mass is 10.00. The summed E-state index contributed by atoms with van der Waals surface area (Å²) in [7, 11) is 3.33. The van der Waals surface area contributed by atoms with Gasteiger partial charge in [-0.05, 0) is 44.5 Å². The van der Waals surface area contributed by atoms with Crippen LogP contribution in [0.25, 0.3) is 0 Å². The van der Waals surface area contributed by atoms with Crippen LogP contribution in [0.1, 0.15) is 20.3 Å². The standard InChI is InChI=1S/C19H27NO5/c1-6-7-14(20-12-8-10-13(21-4)11-9-12)15-16(22-5)17-18(23-15)25-19(2,3)24-17/h6,8-11,14-18,20H,1,7H2,2-5H3/t14-,15+,16-,17+,18+/m0/s1. The molecule has 0 aliphatic carbocycles. The Morgan fingerprint density at radius 1 is 1.24 bits per heavy atom. The molecule has 0 radical (unpaired) electrons. The number of anilines is 1. The molecule has 6 heteroatoms. The highest BCUT2D eigenvalue weighted by atomic mass is 16.8. The topological polar surface area (TPSA) is 58.2 Å². The van der Waals surface area contributed by atoms with Crippen LogP contribution in [0.3, 0.4) is 0 Å². The summed E-state index contributed by atoms with van der Waals surface area (Å²) in [5.41, 5.74) is 0.977. The van der Waals surface area contributed by atoms with E-state index < -0.39 is 12.1 Å². The van der Waals surface area contributed by atoms with Gasteiger partial charge in [-0.1, -0.05) is 6.08 Å². The number of fused-ring (bicyclic) bond motifs is 1. The molecular formula is C19H27NO5. The summed E-state index contributed by atoms with van der Waals surface area (Å²) in [6.45, 7) is 7.63. The lowest BCUT2D eigenvalue weighted by Gasteiger charge is -2.31. The quantitative estimate of drug-likeness (QED) is 0.764. The van der Waals surface area contributed by atoms with Crippen LogP contribution in [0.4, 0.5) is 5.69 Å². The Kier molecular flexibility index (Phi) is 5.34. The fourth-order valence-corrected chi connectivity index (χ4v) is 3.45. The van der Waals surface area contributed by atoms with Crippen molar-refractivity contribution in [3.63, 3.8) is 0 Å². The van der Waals surface area contributed by atoms with Crippen molar-refractivity contribution in [2.24, 2.45) is 0 Å². The predicted octanol–water partition coefficient (Wildman–Crippen LogP) is 2.94. The van der Waals surface area contributed by atoms with E-state index in [4.69, 9.17) is 23.7 Å². The van der Waals surface area contributed by atoms with E-state index in [1.54, 1.807) is 14.2 Å². The number of nitrogens with one attached hydrogen (secondary N) is 1. The molecule has 2 saturated heterocycles. The molecule has 0 unspecified atom stereocenters. The Bertz CT molecular complexity index is 588. The van der Waals surface area contributed by atoms with Crippen LogP contribution in [0.2, 0.25) is 0 Å². The minimum Gasteiger partial charge on any atom is -0.497 e. The maximum absolute atomic E-state index is 6.15. The normalized spacial score (nSPS) is 31.4. The molecule has 138 valence electrons. The third kappa shape index (κ3) is 3.82. The number of hydrogen-bond donors (Lipinski definition) is 1. The molecule has 6 nitrogen and oxygen atoms in total. The summed E-state index contributed by atoms with van der Waals surface area (Å²) in [5, 5.41) is 3.50. The van der Waals surface area contributed by atoms with Crippen molar-refractivity contribution in [2.75, 3.05) is 19.5 Å². The van der Waals surface area contributed by atoms with Crippen LogP contribution in [0.5, 0.6) is 5.75 Å². The Labute approximate surface area is 149 Å². The van der Waals surface area contributed by atoms with E-state index in [1.165, 1.54) is 0 Å². The second-order valence-corrected chi connectivity index (χ2v) is 6.77. The summed E-state index contributed by atoms with van der Waals surface area (Å²) >= 11 is 0. The Morgan fingerprint density at radius 2 is 1.96 bits per heavy atom. The maximum atomic E-state index is 6.15. The maximum Gasteiger partial charge on any atom is 0.190 e. The smallest absolute Gasteiger partial charge is 0.190 e.